The number of ketones is 1. The number of fused-ring (bicyclic) bond motifs is 1. The van der Waals surface area contributed by atoms with Crippen LogP contribution in [-0.4, -0.2) is 40.6 Å². The number of H-pyrrole nitrogens is 1. The monoisotopic (exact) mass is 403 g/mol. The lowest BCUT2D eigenvalue weighted by molar-refractivity contribution is -0.121. The third-order valence-electron chi connectivity index (χ3n) is 4.56. The van der Waals surface area contributed by atoms with Crippen molar-refractivity contribution in [3.05, 3.63) is 61.9 Å². The van der Waals surface area contributed by atoms with E-state index in [1.165, 1.54) is 4.57 Å². The minimum absolute atomic E-state index is 0.0431. The predicted octanol–water partition coefficient (Wildman–Crippen LogP) is 0.724. The number of rotatable bonds is 7. The van der Waals surface area contributed by atoms with Gasteiger partial charge >= 0.3 is 5.69 Å². The van der Waals surface area contributed by atoms with Crippen LogP contribution in [0.3, 0.4) is 0 Å². The van der Waals surface area contributed by atoms with Crippen LogP contribution in [-0.2, 0) is 23.5 Å². The summed E-state index contributed by atoms with van der Waals surface area (Å²) in [6, 6.07) is 6.63. The number of benzene rings is 1. The summed E-state index contributed by atoms with van der Waals surface area (Å²) in [5, 5.41) is 2.58. The molecule has 2 aromatic rings. The molecule has 0 radical (unpaired) electrons. The maximum atomic E-state index is 12.2. The summed E-state index contributed by atoms with van der Waals surface area (Å²) in [4.78, 5) is 50.6. The highest BCUT2D eigenvalue weighted by Gasteiger charge is 2.19. The molecule has 9 heteroatoms. The number of nitrogens with zero attached hydrogens (tertiary/aromatic N) is 1. The number of aromatic amines is 1. The molecule has 8 nitrogen and oxygen atoms in total. The molecule has 148 valence electrons. The van der Waals surface area contributed by atoms with Gasteiger partial charge in [-0.2, -0.15) is 11.8 Å². The van der Waals surface area contributed by atoms with Gasteiger partial charge in [-0.1, -0.05) is 0 Å². The highest BCUT2D eigenvalue weighted by Crippen LogP contribution is 2.20. The zero-order chi connectivity index (χ0) is 20.1. The normalized spacial score (nSPS) is 12.9. The number of carbonyl (C=O) groups is 2. The second kappa shape index (κ2) is 8.92. The Bertz CT molecular complexity index is 994. The lowest BCUT2D eigenvalue weighted by atomic mass is 10.1. The summed E-state index contributed by atoms with van der Waals surface area (Å²) in [7, 11) is 1.54. The molecule has 0 saturated carbocycles. The molecule has 0 saturated heterocycles. The number of ether oxygens (including phenoxy) is 1. The van der Waals surface area contributed by atoms with E-state index >= 15 is 0 Å². The average Bonchev–Trinajstić information content (AvgIpc) is 2.72. The highest BCUT2D eigenvalue weighted by molar-refractivity contribution is 7.98. The molecule has 3 rings (SSSR count). The summed E-state index contributed by atoms with van der Waals surface area (Å²) in [5.41, 5.74) is 0.931. The van der Waals surface area contributed by atoms with Crippen LogP contribution in [0.5, 0.6) is 5.75 Å². The fraction of sp³-hybridized carbons (Fsp3) is 0.368. The summed E-state index contributed by atoms with van der Waals surface area (Å²) in [5.74, 6) is 1.49. The lowest BCUT2D eigenvalue weighted by Crippen LogP contribution is -2.38. The standard InChI is InChI=1S/C19H21N3O5S/c1-27-13-4-2-12(3-5-13)16(23)10-20-17(24)6-8-22-15-7-9-28-11-14(15)18(25)21-19(22)26/h2-5H,6-11H2,1H3,(H,20,24)(H,21,25,26). The molecule has 2 heterocycles. The molecule has 0 unspecified atom stereocenters. The van der Waals surface area contributed by atoms with Gasteiger partial charge in [0, 0.05) is 35.5 Å². The number of nitrogens with one attached hydrogen (secondary N) is 2. The number of amides is 1. The van der Waals surface area contributed by atoms with Crippen molar-refractivity contribution < 1.29 is 14.3 Å². The van der Waals surface area contributed by atoms with Gasteiger partial charge < -0.3 is 10.1 Å². The second-order valence-electron chi connectivity index (χ2n) is 6.32. The van der Waals surface area contributed by atoms with Crippen LogP contribution in [0, 0.1) is 0 Å². The minimum atomic E-state index is -0.502. The van der Waals surface area contributed by atoms with E-state index < -0.39 is 5.69 Å². The molecular formula is C19H21N3O5S. The molecule has 1 aliphatic heterocycles. The van der Waals surface area contributed by atoms with Gasteiger partial charge in [0.15, 0.2) is 5.78 Å². The molecule has 0 atom stereocenters. The summed E-state index contributed by atoms with van der Waals surface area (Å²) < 4.78 is 6.50. The molecule has 0 fully saturated rings. The van der Waals surface area contributed by atoms with E-state index in [1.807, 2.05) is 0 Å². The quantitative estimate of drug-likeness (QED) is 0.660. The van der Waals surface area contributed by atoms with Crippen molar-refractivity contribution in [3.8, 4) is 5.75 Å². The van der Waals surface area contributed by atoms with E-state index in [9.17, 15) is 19.2 Å². The van der Waals surface area contributed by atoms with E-state index in [0.717, 1.165) is 5.75 Å². The third kappa shape index (κ3) is 4.53. The largest absolute Gasteiger partial charge is 0.497 e. The van der Waals surface area contributed by atoms with Crippen LogP contribution >= 0.6 is 11.8 Å². The van der Waals surface area contributed by atoms with Crippen molar-refractivity contribution >= 4 is 23.5 Å². The predicted molar refractivity (Wildman–Crippen MR) is 106 cm³/mol. The van der Waals surface area contributed by atoms with Gasteiger partial charge in [0.2, 0.25) is 5.91 Å². The van der Waals surface area contributed by atoms with E-state index in [2.05, 4.69) is 10.3 Å². The highest BCUT2D eigenvalue weighted by atomic mass is 32.2. The van der Waals surface area contributed by atoms with Crippen molar-refractivity contribution in [2.75, 3.05) is 19.4 Å². The maximum absolute atomic E-state index is 12.2. The Morgan fingerprint density at radius 1 is 1.25 bits per heavy atom. The first kappa shape index (κ1) is 19.9. The number of hydrogen-bond donors (Lipinski definition) is 2. The molecule has 0 spiro atoms. The van der Waals surface area contributed by atoms with Gasteiger partial charge in [-0.05, 0) is 36.4 Å². The fourth-order valence-electron chi connectivity index (χ4n) is 3.03. The average molecular weight is 403 g/mol. The van der Waals surface area contributed by atoms with Gasteiger partial charge in [0.05, 0.1) is 13.7 Å². The SMILES string of the molecule is COc1ccc(C(=O)CNC(=O)CCn2c3c(c(=O)[nH]c2=O)CSCC3)cc1. The Labute approximate surface area is 165 Å². The van der Waals surface area contributed by atoms with Crippen molar-refractivity contribution in [3.63, 3.8) is 0 Å². The number of aromatic nitrogens is 2. The first-order valence-corrected chi connectivity index (χ1v) is 10.0. The first-order valence-electron chi connectivity index (χ1n) is 8.86. The Hall–Kier alpha value is -2.81. The molecule has 2 N–H and O–H groups in total. The lowest BCUT2D eigenvalue weighted by Gasteiger charge is -2.19. The summed E-state index contributed by atoms with van der Waals surface area (Å²) >= 11 is 1.64. The van der Waals surface area contributed by atoms with Crippen LogP contribution in [0.1, 0.15) is 28.0 Å². The topological polar surface area (TPSA) is 110 Å². The zero-order valence-corrected chi connectivity index (χ0v) is 16.3. The number of Topliss-reactive ketones (excluding diaryl/α,β-unsaturated/α-hetero) is 1. The van der Waals surface area contributed by atoms with Crippen molar-refractivity contribution in [2.45, 2.75) is 25.1 Å². The van der Waals surface area contributed by atoms with Gasteiger partial charge in [0.1, 0.15) is 5.75 Å². The minimum Gasteiger partial charge on any atom is -0.497 e. The van der Waals surface area contributed by atoms with E-state index in [0.29, 0.717) is 34.7 Å². The summed E-state index contributed by atoms with van der Waals surface area (Å²) in [6.45, 7) is 0.0333. The summed E-state index contributed by atoms with van der Waals surface area (Å²) in [6.07, 6.45) is 0.665. The molecule has 1 aromatic carbocycles. The molecule has 0 aliphatic carbocycles. The number of carbonyl (C=O) groups excluding carboxylic acids is 2. The number of thioether (sulfide) groups is 1. The Balaban J connectivity index is 1.58. The van der Waals surface area contributed by atoms with E-state index in [1.54, 1.807) is 43.1 Å². The Morgan fingerprint density at radius 3 is 2.71 bits per heavy atom. The molecule has 28 heavy (non-hydrogen) atoms. The molecule has 1 amide bonds. The number of methoxy groups -OCH3 is 1. The zero-order valence-electron chi connectivity index (χ0n) is 15.4. The van der Waals surface area contributed by atoms with Crippen LogP contribution in [0.15, 0.2) is 33.9 Å². The van der Waals surface area contributed by atoms with Crippen LogP contribution in [0.2, 0.25) is 0 Å². The smallest absolute Gasteiger partial charge is 0.328 e. The van der Waals surface area contributed by atoms with Crippen molar-refractivity contribution in [1.82, 2.24) is 14.9 Å². The first-order chi connectivity index (χ1) is 13.5. The second-order valence-corrected chi connectivity index (χ2v) is 7.42. The van der Waals surface area contributed by atoms with E-state index in [4.69, 9.17) is 4.74 Å². The maximum Gasteiger partial charge on any atom is 0.328 e. The fourth-order valence-corrected chi connectivity index (χ4v) is 4.01. The molecule has 0 bridgehead atoms. The van der Waals surface area contributed by atoms with Crippen molar-refractivity contribution in [1.29, 1.82) is 0 Å². The Morgan fingerprint density at radius 2 is 2.00 bits per heavy atom. The number of hydrogen-bond acceptors (Lipinski definition) is 6. The van der Waals surface area contributed by atoms with Crippen LogP contribution < -0.4 is 21.3 Å². The van der Waals surface area contributed by atoms with Gasteiger partial charge in [-0.25, -0.2) is 4.79 Å². The molecular weight excluding hydrogens is 382 g/mol. The van der Waals surface area contributed by atoms with Crippen LogP contribution in [0.4, 0.5) is 0 Å². The van der Waals surface area contributed by atoms with Crippen LogP contribution in [0.25, 0.3) is 0 Å². The Kier molecular flexibility index (Phi) is 6.35. The third-order valence-corrected chi connectivity index (χ3v) is 5.55. The molecule has 1 aromatic heterocycles. The van der Waals surface area contributed by atoms with Gasteiger partial charge in [0.25, 0.3) is 5.56 Å². The van der Waals surface area contributed by atoms with Gasteiger partial charge in [-0.3, -0.25) is 23.9 Å². The van der Waals surface area contributed by atoms with Crippen molar-refractivity contribution in [2.24, 2.45) is 0 Å². The van der Waals surface area contributed by atoms with E-state index in [-0.39, 0.29) is 36.8 Å². The molecule has 1 aliphatic rings. The van der Waals surface area contributed by atoms with Gasteiger partial charge in [-0.15, -0.1) is 0 Å².